The van der Waals surface area contributed by atoms with Gasteiger partial charge in [-0.25, -0.2) is 0 Å². The number of aromatic nitrogens is 1. The Kier molecular flexibility index (Phi) is 4.85. The molecule has 21 heavy (non-hydrogen) atoms. The van der Waals surface area contributed by atoms with Crippen LogP contribution in [0.1, 0.15) is 18.1 Å². The van der Waals surface area contributed by atoms with Gasteiger partial charge in [0.15, 0.2) is 6.20 Å². The molecule has 0 saturated heterocycles. The number of hydrogen-bond acceptors (Lipinski definition) is 3. The minimum Gasteiger partial charge on any atom is -0.618 e. The van der Waals surface area contributed by atoms with E-state index in [1.54, 1.807) is 25.1 Å². The molecule has 0 aliphatic heterocycles. The molecule has 2 aromatic rings. The van der Waals surface area contributed by atoms with E-state index in [4.69, 9.17) is 0 Å². The van der Waals surface area contributed by atoms with Crippen LogP contribution in [0.15, 0.2) is 47.6 Å². The Hall–Kier alpha value is -2.01. The molecule has 0 saturated carbocycles. The predicted octanol–water partition coefficient (Wildman–Crippen LogP) is 3.06. The first-order valence-electron chi connectivity index (χ1n) is 6.70. The van der Waals surface area contributed by atoms with Gasteiger partial charge in [0.1, 0.15) is 0 Å². The summed E-state index contributed by atoms with van der Waals surface area (Å²) in [6.45, 7) is 5.73. The first kappa shape index (κ1) is 15.4. The van der Waals surface area contributed by atoms with Crippen LogP contribution in [0.25, 0.3) is 0 Å². The van der Waals surface area contributed by atoms with Crippen LogP contribution in [-0.2, 0) is 4.79 Å². The number of carbonyl (C=O) groups excluding carboxylic acids is 1. The van der Waals surface area contributed by atoms with Gasteiger partial charge in [0.05, 0.1) is 5.25 Å². The summed E-state index contributed by atoms with van der Waals surface area (Å²) < 4.78 is 0.770. The minimum atomic E-state index is -0.354. The average Bonchev–Trinajstić information content (AvgIpc) is 2.45. The van der Waals surface area contributed by atoms with E-state index in [1.807, 2.05) is 32.0 Å². The fraction of sp³-hybridized carbons (Fsp3) is 0.250. The zero-order chi connectivity index (χ0) is 15.4. The van der Waals surface area contributed by atoms with E-state index in [9.17, 15) is 10.0 Å². The molecule has 0 radical (unpaired) electrons. The second-order valence-electron chi connectivity index (χ2n) is 4.93. The maximum absolute atomic E-state index is 12.2. The molecular formula is C16H18N2O2S. The second kappa shape index (κ2) is 6.63. The van der Waals surface area contributed by atoms with Crippen molar-refractivity contribution >= 4 is 23.4 Å². The highest BCUT2D eigenvalue weighted by Crippen LogP contribution is 2.22. The molecule has 0 aliphatic carbocycles. The van der Waals surface area contributed by atoms with Crippen LogP contribution in [-0.4, -0.2) is 11.2 Å². The third-order valence-corrected chi connectivity index (χ3v) is 4.23. The summed E-state index contributed by atoms with van der Waals surface area (Å²) >= 11 is 1.25. The molecule has 1 aromatic carbocycles. The zero-order valence-corrected chi connectivity index (χ0v) is 13.1. The first-order valence-corrected chi connectivity index (χ1v) is 7.58. The largest absolute Gasteiger partial charge is 0.618 e. The number of carbonyl (C=O) groups is 1. The summed E-state index contributed by atoms with van der Waals surface area (Å²) in [4.78, 5) is 12.2. The summed E-state index contributed by atoms with van der Waals surface area (Å²) in [5, 5.41) is 14.7. The Balaban J connectivity index is 2.06. The van der Waals surface area contributed by atoms with Crippen molar-refractivity contribution in [2.24, 2.45) is 0 Å². The van der Waals surface area contributed by atoms with Crippen molar-refractivity contribution in [3.8, 4) is 0 Å². The number of thioether (sulfide) groups is 1. The standard InChI is InChI=1S/C16H18N2O2S/c1-11-7-8-12(2)14(10-11)17-16(19)13(3)21-15-6-4-5-9-18(15)20/h4-10,13H,1-3H3,(H,17,19)/t13-/m1/s1. The van der Waals surface area contributed by atoms with Gasteiger partial charge >= 0.3 is 0 Å². The molecule has 0 spiro atoms. The van der Waals surface area contributed by atoms with Crippen LogP contribution in [0.2, 0.25) is 0 Å². The van der Waals surface area contributed by atoms with Crippen molar-refractivity contribution in [3.05, 3.63) is 58.9 Å². The van der Waals surface area contributed by atoms with Gasteiger partial charge in [0.25, 0.3) is 5.03 Å². The smallest absolute Gasteiger partial charge is 0.252 e. The van der Waals surface area contributed by atoms with E-state index in [-0.39, 0.29) is 11.2 Å². The summed E-state index contributed by atoms with van der Waals surface area (Å²) in [5.74, 6) is -0.113. The van der Waals surface area contributed by atoms with Gasteiger partial charge in [-0.2, -0.15) is 4.73 Å². The van der Waals surface area contributed by atoms with Crippen LogP contribution in [0, 0.1) is 19.1 Å². The number of rotatable bonds is 4. The number of amides is 1. The minimum absolute atomic E-state index is 0.113. The van der Waals surface area contributed by atoms with Gasteiger partial charge in [-0.3, -0.25) is 4.79 Å². The van der Waals surface area contributed by atoms with E-state index in [1.165, 1.54) is 18.0 Å². The number of benzene rings is 1. The molecule has 4 nitrogen and oxygen atoms in total. The normalized spacial score (nSPS) is 12.0. The number of aryl methyl sites for hydroxylation is 2. The maximum Gasteiger partial charge on any atom is 0.252 e. The molecule has 0 bridgehead atoms. The van der Waals surface area contributed by atoms with E-state index < -0.39 is 0 Å². The van der Waals surface area contributed by atoms with Crippen LogP contribution in [0.3, 0.4) is 0 Å². The first-order chi connectivity index (χ1) is 9.97. The number of nitrogens with zero attached hydrogens (tertiary/aromatic N) is 1. The molecule has 0 aliphatic rings. The fourth-order valence-corrected chi connectivity index (χ4v) is 2.69. The Morgan fingerprint density at radius 2 is 2.05 bits per heavy atom. The summed E-state index contributed by atoms with van der Waals surface area (Å²) in [6, 6.07) is 11.1. The second-order valence-corrected chi connectivity index (χ2v) is 6.29. The van der Waals surface area contributed by atoms with E-state index in [0.29, 0.717) is 5.03 Å². The Labute approximate surface area is 128 Å². The lowest BCUT2D eigenvalue weighted by Crippen LogP contribution is -2.30. The van der Waals surface area contributed by atoms with Crippen molar-refractivity contribution in [1.29, 1.82) is 0 Å². The van der Waals surface area contributed by atoms with E-state index in [2.05, 4.69) is 5.32 Å². The summed E-state index contributed by atoms with van der Waals surface area (Å²) in [6.07, 6.45) is 1.43. The Morgan fingerprint density at radius 1 is 1.29 bits per heavy atom. The zero-order valence-electron chi connectivity index (χ0n) is 12.3. The third-order valence-electron chi connectivity index (χ3n) is 3.11. The van der Waals surface area contributed by atoms with Gasteiger partial charge in [0, 0.05) is 17.8 Å². The lowest BCUT2D eigenvalue weighted by Gasteiger charge is -2.13. The van der Waals surface area contributed by atoms with E-state index in [0.717, 1.165) is 21.5 Å². The molecule has 110 valence electrons. The number of pyridine rings is 1. The SMILES string of the molecule is Cc1ccc(C)c(NC(=O)[C@@H](C)Sc2cccc[n+]2[O-])c1. The molecule has 0 fully saturated rings. The van der Waals surface area contributed by atoms with Crippen LogP contribution in [0.5, 0.6) is 0 Å². The molecule has 1 heterocycles. The highest BCUT2D eigenvalue weighted by atomic mass is 32.2. The van der Waals surface area contributed by atoms with Crippen molar-refractivity contribution in [2.45, 2.75) is 31.0 Å². The molecular weight excluding hydrogens is 284 g/mol. The van der Waals surface area contributed by atoms with Crippen LogP contribution in [0.4, 0.5) is 5.69 Å². The van der Waals surface area contributed by atoms with Gasteiger partial charge in [-0.05, 0) is 55.8 Å². The van der Waals surface area contributed by atoms with Gasteiger partial charge in [-0.15, -0.1) is 0 Å². The fourth-order valence-electron chi connectivity index (χ4n) is 1.84. The molecule has 5 heteroatoms. The number of anilines is 1. The van der Waals surface area contributed by atoms with Crippen molar-refractivity contribution in [1.82, 2.24) is 0 Å². The maximum atomic E-state index is 12.2. The van der Waals surface area contributed by atoms with Gasteiger partial charge in [0.2, 0.25) is 5.91 Å². The molecule has 2 rings (SSSR count). The van der Waals surface area contributed by atoms with Gasteiger partial charge < -0.3 is 10.5 Å². The Bertz CT molecular complexity index is 658. The highest BCUT2D eigenvalue weighted by Gasteiger charge is 2.19. The molecule has 1 N–H and O–H groups in total. The topological polar surface area (TPSA) is 56.0 Å². The number of hydrogen-bond donors (Lipinski definition) is 1. The van der Waals surface area contributed by atoms with Crippen molar-refractivity contribution < 1.29 is 9.52 Å². The van der Waals surface area contributed by atoms with Crippen LogP contribution < -0.4 is 10.0 Å². The molecule has 1 amide bonds. The van der Waals surface area contributed by atoms with Gasteiger partial charge in [-0.1, -0.05) is 12.1 Å². The predicted molar refractivity (Wildman–Crippen MR) is 85.3 cm³/mol. The van der Waals surface area contributed by atoms with Crippen molar-refractivity contribution in [3.63, 3.8) is 0 Å². The van der Waals surface area contributed by atoms with Crippen molar-refractivity contribution in [2.75, 3.05) is 5.32 Å². The summed E-state index contributed by atoms with van der Waals surface area (Å²) in [5.41, 5.74) is 2.93. The highest BCUT2D eigenvalue weighted by molar-refractivity contribution is 8.00. The number of nitrogens with one attached hydrogen (secondary N) is 1. The lowest BCUT2D eigenvalue weighted by atomic mass is 10.1. The Morgan fingerprint density at radius 3 is 2.76 bits per heavy atom. The molecule has 0 unspecified atom stereocenters. The average molecular weight is 302 g/mol. The quantitative estimate of drug-likeness (QED) is 0.536. The third kappa shape index (κ3) is 3.98. The summed E-state index contributed by atoms with van der Waals surface area (Å²) in [7, 11) is 0. The molecule has 1 atom stereocenters. The van der Waals surface area contributed by atoms with E-state index >= 15 is 0 Å². The molecule has 1 aromatic heterocycles. The monoisotopic (exact) mass is 302 g/mol. The van der Waals surface area contributed by atoms with Crippen LogP contribution >= 0.6 is 11.8 Å². The lowest BCUT2D eigenvalue weighted by molar-refractivity contribution is -0.645.